The number of thiazole rings is 2. The van der Waals surface area contributed by atoms with Crippen molar-refractivity contribution in [3.63, 3.8) is 0 Å². The normalized spacial score (nSPS) is 18.1. The molecular weight excluding hydrogens is 357 g/mol. The lowest BCUT2D eigenvalue weighted by molar-refractivity contribution is -0.155. The number of nitrogens with one attached hydrogen (secondary N) is 2. The molecule has 1 aliphatic heterocycles. The van der Waals surface area contributed by atoms with E-state index < -0.39 is 12.3 Å². The van der Waals surface area contributed by atoms with Gasteiger partial charge in [0.25, 0.3) is 0 Å². The Labute approximate surface area is 143 Å². The minimum Gasteiger partial charge on any atom is -0.356 e. The van der Waals surface area contributed by atoms with Crippen LogP contribution in [0.1, 0.15) is 16.3 Å². The Morgan fingerprint density at radius 3 is 2.62 bits per heavy atom. The Morgan fingerprint density at radius 2 is 1.92 bits per heavy atom. The molecule has 1 aromatic carbocycles. The highest BCUT2D eigenvalue weighted by atomic mass is 32.1. The van der Waals surface area contributed by atoms with Gasteiger partial charge in [0.15, 0.2) is 6.17 Å². The highest BCUT2D eigenvalue weighted by Crippen LogP contribution is 2.35. The fraction of sp³-hybridized carbons (Fsp3) is 0.200. The van der Waals surface area contributed by atoms with E-state index in [4.69, 9.17) is 0 Å². The molecular formula is C15H11F3N4S2. The van der Waals surface area contributed by atoms with Crippen molar-refractivity contribution in [3.8, 4) is 0 Å². The minimum atomic E-state index is -4.41. The smallest absolute Gasteiger partial charge is 0.356 e. The standard InChI is InChI=1S/C15H11F3N4S2/c1-7-5-23-13(20-7)12-11(21-14(22-12)15(16,17)18)8-2-3-9-10(4-8)24-6-19-9/h2-6,14,21-22H,1H3. The van der Waals surface area contributed by atoms with Crippen molar-refractivity contribution >= 4 is 44.3 Å². The Balaban J connectivity index is 1.83. The monoisotopic (exact) mass is 368 g/mol. The number of rotatable bonds is 2. The van der Waals surface area contributed by atoms with E-state index in [0.29, 0.717) is 22.0 Å². The van der Waals surface area contributed by atoms with Gasteiger partial charge in [0.1, 0.15) is 5.01 Å². The molecule has 2 aromatic heterocycles. The van der Waals surface area contributed by atoms with Gasteiger partial charge in [0, 0.05) is 16.6 Å². The van der Waals surface area contributed by atoms with Gasteiger partial charge in [-0.05, 0) is 19.1 Å². The number of alkyl halides is 3. The Hall–Kier alpha value is -2.13. The van der Waals surface area contributed by atoms with Gasteiger partial charge in [-0.15, -0.1) is 22.7 Å². The second kappa shape index (κ2) is 5.45. The second-order valence-corrected chi connectivity index (χ2v) is 7.09. The molecule has 24 heavy (non-hydrogen) atoms. The number of fused-ring (bicyclic) bond motifs is 1. The molecule has 3 aromatic rings. The number of aromatic nitrogens is 2. The summed E-state index contributed by atoms with van der Waals surface area (Å²) in [5, 5.41) is 7.43. The first-order valence-corrected chi connectivity index (χ1v) is 8.78. The van der Waals surface area contributed by atoms with Gasteiger partial charge in [0.2, 0.25) is 0 Å². The fourth-order valence-electron chi connectivity index (χ4n) is 2.51. The second-order valence-electron chi connectivity index (χ2n) is 5.34. The van der Waals surface area contributed by atoms with Crippen molar-refractivity contribution < 1.29 is 13.2 Å². The summed E-state index contributed by atoms with van der Waals surface area (Å²) >= 11 is 2.77. The zero-order valence-electron chi connectivity index (χ0n) is 12.3. The summed E-state index contributed by atoms with van der Waals surface area (Å²) in [5.41, 5.74) is 4.77. The molecule has 0 amide bonds. The molecule has 0 spiro atoms. The summed E-state index contributed by atoms with van der Waals surface area (Å²) in [6.45, 7) is 1.81. The number of halogens is 3. The van der Waals surface area contributed by atoms with Gasteiger partial charge >= 0.3 is 6.18 Å². The summed E-state index contributed by atoms with van der Waals surface area (Å²) in [5.74, 6) is 0. The summed E-state index contributed by atoms with van der Waals surface area (Å²) in [4.78, 5) is 8.52. The largest absolute Gasteiger partial charge is 0.427 e. The SMILES string of the molecule is Cc1csc(C2=C(c3ccc4ncsc4c3)NC(C(F)(F)F)N2)n1. The van der Waals surface area contributed by atoms with E-state index >= 15 is 0 Å². The van der Waals surface area contributed by atoms with Crippen LogP contribution < -0.4 is 10.6 Å². The van der Waals surface area contributed by atoms with Crippen molar-refractivity contribution in [1.82, 2.24) is 20.6 Å². The molecule has 0 bridgehead atoms. The molecule has 1 aliphatic rings. The average molecular weight is 368 g/mol. The number of aryl methyl sites for hydroxylation is 1. The van der Waals surface area contributed by atoms with Crippen LogP contribution in [0.2, 0.25) is 0 Å². The summed E-state index contributed by atoms with van der Waals surface area (Å²) in [6.07, 6.45) is -6.24. The molecule has 9 heteroatoms. The summed E-state index contributed by atoms with van der Waals surface area (Å²) < 4.78 is 40.4. The lowest BCUT2D eigenvalue weighted by atomic mass is 10.1. The zero-order valence-corrected chi connectivity index (χ0v) is 13.9. The number of benzene rings is 1. The Bertz CT molecular complexity index is 941. The predicted molar refractivity (Wildman–Crippen MR) is 89.4 cm³/mol. The third-order valence-electron chi connectivity index (χ3n) is 3.61. The summed E-state index contributed by atoms with van der Waals surface area (Å²) in [7, 11) is 0. The van der Waals surface area contributed by atoms with E-state index in [2.05, 4.69) is 20.6 Å². The molecule has 124 valence electrons. The molecule has 0 fully saturated rings. The molecule has 0 saturated carbocycles. The highest BCUT2D eigenvalue weighted by Gasteiger charge is 2.45. The van der Waals surface area contributed by atoms with Crippen molar-refractivity contribution in [1.29, 1.82) is 0 Å². The van der Waals surface area contributed by atoms with E-state index in [1.165, 1.54) is 22.7 Å². The fourth-order valence-corrected chi connectivity index (χ4v) is 4.04. The van der Waals surface area contributed by atoms with E-state index in [1.807, 2.05) is 24.4 Å². The topological polar surface area (TPSA) is 49.8 Å². The van der Waals surface area contributed by atoms with E-state index in [-0.39, 0.29) is 0 Å². The first kappa shape index (κ1) is 15.4. The van der Waals surface area contributed by atoms with Crippen LogP contribution in [-0.2, 0) is 0 Å². The molecule has 0 radical (unpaired) electrons. The van der Waals surface area contributed by atoms with Gasteiger partial charge in [-0.1, -0.05) is 6.07 Å². The maximum absolute atomic E-state index is 13.2. The number of nitrogens with zero attached hydrogens (tertiary/aromatic N) is 2. The van der Waals surface area contributed by atoms with Crippen molar-refractivity contribution in [2.24, 2.45) is 0 Å². The van der Waals surface area contributed by atoms with Crippen LogP contribution in [0.3, 0.4) is 0 Å². The Morgan fingerprint density at radius 1 is 1.12 bits per heavy atom. The maximum atomic E-state index is 13.2. The zero-order chi connectivity index (χ0) is 16.9. The number of hydrogen-bond donors (Lipinski definition) is 2. The molecule has 0 saturated heterocycles. The van der Waals surface area contributed by atoms with Gasteiger partial charge in [-0.25, -0.2) is 9.97 Å². The lowest BCUT2D eigenvalue weighted by Gasteiger charge is -2.17. The van der Waals surface area contributed by atoms with Crippen LogP contribution in [0.25, 0.3) is 21.6 Å². The molecule has 1 atom stereocenters. The van der Waals surface area contributed by atoms with Gasteiger partial charge in [-0.3, -0.25) is 0 Å². The van der Waals surface area contributed by atoms with E-state index in [1.54, 1.807) is 11.6 Å². The van der Waals surface area contributed by atoms with E-state index in [9.17, 15) is 13.2 Å². The summed E-state index contributed by atoms with van der Waals surface area (Å²) in [6, 6.07) is 5.42. The minimum absolute atomic E-state index is 0.374. The van der Waals surface area contributed by atoms with Gasteiger partial charge < -0.3 is 10.6 Å². The molecule has 3 heterocycles. The predicted octanol–water partition coefficient (Wildman–Crippen LogP) is 3.97. The molecule has 4 nitrogen and oxygen atoms in total. The van der Waals surface area contributed by atoms with Crippen LogP contribution in [0.4, 0.5) is 13.2 Å². The molecule has 1 unspecified atom stereocenters. The van der Waals surface area contributed by atoms with E-state index in [0.717, 1.165) is 15.9 Å². The van der Waals surface area contributed by atoms with Crippen molar-refractivity contribution in [3.05, 3.63) is 45.4 Å². The lowest BCUT2D eigenvalue weighted by Crippen LogP contribution is -2.46. The van der Waals surface area contributed by atoms with Gasteiger partial charge in [-0.2, -0.15) is 13.2 Å². The van der Waals surface area contributed by atoms with Crippen LogP contribution in [-0.4, -0.2) is 22.3 Å². The maximum Gasteiger partial charge on any atom is 0.427 e. The van der Waals surface area contributed by atoms with Crippen LogP contribution >= 0.6 is 22.7 Å². The molecule has 0 aliphatic carbocycles. The van der Waals surface area contributed by atoms with Crippen molar-refractivity contribution in [2.45, 2.75) is 19.3 Å². The van der Waals surface area contributed by atoms with Crippen LogP contribution in [0, 0.1) is 6.92 Å². The average Bonchev–Trinajstić information content (AvgIpc) is 3.23. The third kappa shape index (κ3) is 2.63. The highest BCUT2D eigenvalue weighted by molar-refractivity contribution is 7.16. The van der Waals surface area contributed by atoms with Crippen molar-refractivity contribution in [2.75, 3.05) is 0 Å². The first-order chi connectivity index (χ1) is 11.4. The van der Waals surface area contributed by atoms with Gasteiger partial charge in [0.05, 0.1) is 27.1 Å². The quantitative estimate of drug-likeness (QED) is 0.719. The van der Waals surface area contributed by atoms with Crippen LogP contribution in [0.15, 0.2) is 29.1 Å². The third-order valence-corrected chi connectivity index (χ3v) is 5.38. The van der Waals surface area contributed by atoms with Crippen LogP contribution in [0.5, 0.6) is 0 Å². The number of hydrogen-bond acceptors (Lipinski definition) is 6. The Kier molecular flexibility index (Phi) is 3.50. The molecule has 4 rings (SSSR count). The molecule has 2 N–H and O–H groups in total. The first-order valence-electron chi connectivity index (χ1n) is 7.02.